The summed E-state index contributed by atoms with van der Waals surface area (Å²) in [6.45, 7) is 6.60. The molecule has 3 heterocycles. The second-order valence-corrected chi connectivity index (χ2v) is 12.4. The number of ether oxygens (including phenoxy) is 1. The van der Waals surface area contributed by atoms with Crippen molar-refractivity contribution in [3.05, 3.63) is 123 Å². The number of aromatic nitrogens is 1. The number of anilines is 1. The highest BCUT2D eigenvalue weighted by molar-refractivity contribution is 7.09. The molecule has 0 spiro atoms. The van der Waals surface area contributed by atoms with Crippen LogP contribution < -0.4 is 4.90 Å². The minimum atomic E-state index is -0.670. The Balaban J connectivity index is 1.32. The third-order valence-electron chi connectivity index (χ3n) is 8.36. The second kappa shape index (κ2) is 14.0. The molecule has 8 heteroatoms. The fraction of sp³-hybridized carbons (Fsp3) is 0.306. The Bertz CT molecular complexity index is 1600. The number of amides is 2. The summed E-state index contributed by atoms with van der Waals surface area (Å²) in [4.78, 5) is 39.0. The summed E-state index contributed by atoms with van der Waals surface area (Å²) in [7, 11) is 0. The number of rotatable bonds is 9. The van der Waals surface area contributed by atoms with Gasteiger partial charge in [-0.3, -0.25) is 9.59 Å². The highest BCUT2D eigenvalue weighted by atomic mass is 32.1. The van der Waals surface area contributed by atoms with Crippen molar-refractivity contribution >= 4 is 34.9 Å². The van der Waals surface area contributed by atoms with Crippen molar-refractivity contribution < 1.29 is 14.3 Å². The first-order valence-corrected chi connectivity index (χ1v) is 16.1. The smallest absolute Gasteiger partial charge is 0.247 e. The molecular weight excluding hydrogens is 568 g/mol. The Morgan fingerprint density at radius 1 is 0.932 bits per heavy atom. The number of carbonyl (C=O) groups excluding carboxylic acids is 2. The van der Waals surface area contributed by atoms with Crippen LogP contribution >= 0.6 is 11.3 Å². The largest absolute Gasteiger partial charge is 0.378 e. The molecule has 2 amide bonds. The van der Waals surface area contributed by atoms with E-state index in [4.69, 9.17) is 4.74 Å². The molecule has 1 aromatic heterocycles. The Hall–Kier alpha value is -4.27. The van der Waals surface area contributed by atoms with Gasteiger partial charge in [0.1, 0.15) is 6.04 Å². The normalized spacial score (nSPS) is 15.7. The number of hydrogen-bond donors (Lipinski definition) is 0. The van der Waals surface area contributed by atoms with Crippen LogP contribution in [-0.2, 0) is 40.3 Å². The zero-order chi connectivity index (χ0) is 30.3. The van der Waals surface area contributed by atoms with Crippen LogP contribution in [-0.4, -0.2) is 65.5 Å². The molecule has 7 nitrogen and oxygen atoms in total. The molecule has 1 fully saturated rings. The molecule has 0 N–H and O–H groups in total. The molecule has 1 atom stereocenters. The first-order chi connectivity index (χ1) is 21.5. The second-order valence-electron chi connectivity index (χ2n) is 11.3. The quantitative estimate of drug-likeness (QED) is 0.235. The molecule has 0 aliphatic carbocycles. The molecule has 3 aromatic carbocycles. The van der Waals surface area contributed by atoms with Crippen molar-refractivity contribution in [1.82, 2.24) is 14.8 Å². The van der Waals surface area contributed by atoms with Gasteiger partial charge in [-0.05, 0) is 53.8 Å². The average molecular weight is 607 g/mol. The van der Waals surface area contributed by atoms with Gasteiger partial charge in [0.05, 0.1) is 23.9 Å². The zero-order valence-electron chi connectivity index (χ0n) is 25.1. The lowest BCUT2D eigenvalue weighted by molar-refractivity contribution is -0.144. The molecule has 6 rings (SSSR count). The molecule has 1 saturated heterocycles. The molecule has 0 bridgehead atoms. The van der Waals surface area contributed by atoms with Crippen LogP contribution in [0.5, 0.6) is 0 Å². The highest BCUT2D eigenvalue weighted by Gasteiger charge is 2.34. The van der Waals surface area contributed by atoms with E-state index in [0.29, 0.717) is 26.1 Å². The standard InChI is InChI=1S/C36H38N4O3S/c1-27-37-32(26-44-27)13-16-35(41)40(24-29-11-14-33(15-12-29)38-19-21-43-22-20-38)34(23-28-7-3-2-4-8-28)36(42)39-18-17-30-9-5-6-10-31(30)25-39/h2-16,26,34H,17-25H2,1H3. The van der Waals surface area contributed by atoms with Crippen molar-refractivity contribution in [2.24, 2.45) is 0 Å². The van der Waals surface area contributed by atoms with E-state index < -0.39 is 6.04 Å². The van der Waals surface area contributed by atoms with Crippen molar-refractivity contribution in [1.29, 1.82) is 0 Å². The predicted molar refractivity (Wildman–Crippen MR) is 175 cm³/mol. The van der Waals surface area contributed by atoms with Crippen molar-refractivity contribution in [3.63, 3.8) is 0 Å². The van der Waals surface area contributed by atoms with Crippen LogP contribution in [0, 0.1) is 6.92 Å². The fourth-order valence-corrected chi connectivity index (χ4v) is 6.52. The number of morpholine rings is 1. The summed E-state index contributed by atoms with van der Waals surface area (Å²) < 4.78 is 5.52. The lowest BCUT2D eigenvalue weighted by Gasteiger charge is -2.37. The summed E-state index contributed by atoms with van der Waals surface area (Å²) in [5.74, 6) is -0.237. The summed E-state index contributed by atoms with van der Waals surface area (Å²) >= 11 is 1.55. The number of benzene rings is 3. The van der Waals surface area contributed by atoms with Crippen molar-refractivity contribution in [3.8, 4) is 0 Å². The molecule has 2 aliphatic rings. The Labute approximate surface area is 263 Å². The number of hydrogen-bond acceptors (Lipinski definition) is 6. The Kier molecular flexibility index (Phi) is 9.48. The topological polar surface area (TPSA) is 66.0 Å². The molecule has 44 heavy (non-hydrogen) atoms. The maximum atomic E-state index is 14.5. The van der Waals surface area contributed by atoms with Crippen LogP contribution in [0.3, 0.4) is 0 Å². The number of nitrogens with zero attached hydrogens (tertiary/aromatic N) is 4. The summed E-state index contributed by atoms with van der Waals surface area (Å²) in [6.07, 6.45) is 4.55. The van der Waals surface area contributed by atoms with Gasteiger partial charge in [0.25, 0.3) is 0 Å². The van der Waals surface area contributed by atoms with Gasteiger partial charge >= 0.3 is 0 Å². The molecule has 1 unspecified atom stereocenters. The maximum Gasteiger partial charge on any atom is 0.247 e. The van der Waals surface area contributed by atoms with Gasteiger partial charge in [-0.2, -0.15) is 0 Å². The Morgan fingerprint density at radius 3 is 2.39 bits per heavy atom. The van der Waals surface area contributed by atoms with E-state index in [-0.39, 0.29) is 11.8 Å². The predicted octanol–water partition coefficient (Wildman–Crippen LogP) is 5.53. The van der Waals surface area contributed by atoms with E-state index in [1.165, 1.54) is 11.1 Å². The molecule has 226 valence electrons. The van der Waals surface area contributed by atoms with E-state index in [0.717, 1.165) is 60.2 Å². The average Bonchev–Trinajstić information content (AvgIpc) is 3.50. The molecule has 4 aromatic rings. The molecule has 0 radical (unpaired) electrons. The zero-order valence-corrected chi connectivity index (χ0v) is 25.9. The third kappa shape index (κ3) is 7.26. The van der Waals surface area contributed by atoms with E-state index in [9.17, 15) is 9.59 Å². The number of thiazole rings is 1. The van der Waals surface area contributed by atoms with Crippen molar-refractivity contribution in [2.45, 2.75) is 38.9 Å². The van der Waals surface area contributed by atoms with Crippen molar-refractivity contribution in [2.75, 3.05) is 37.7 Å². The van der Waals surface area contributed by atoms with E-state index >= 15 is 0 Å². The number of fused-ring (bicyclic) bond motifs is 1. The molecule has 0 saturated carbocycles. The SMILES string of the molecule is Cc1nc(C=CC(=O)N(Cc2ccc(N3CCOCC3)cc2)C(Cc2ccccc2)C(=O)N2CCc3ccccc3C2)cs1. The van der Waals surface area contributed by atoms with E-state index in [2.05, 4.69) is 52.3 Å². The highest BCUT2D eigenvalue weighted by Crippen LogP contribution is 2.24. The van der Waals surface area contributed by atoms with Crippen LogP contribution in [0.15, 0.2) is 90.3 Å². The maximum absolute atomic E-state index is 14.5. The summed E-state index contributed by atoms with van der Waals surface area (Å²) in [6, 6.07) is 26.0. The van der Waals surface area contributed by atoms with Gasteiger partial charge in [0, 0.05) is 56.3 Å². The number of aryl methyl sites for hydroxylation is 1. The first kappa shape index (κ1) is 29.8. The van der Waals surface area contributed by atoms with Gasteiger partial charge in [-0.25, -0.2) is 4.98 Å². The van der Waals surface area contributed by atoms with Gasteiger partial charge in [0.2, 0.25) is 11.8 Å². The third-order valence-corrected chi connectivity index (χ3v) is 9.15. The molecular formula is C36H38N4O3S. The van der Waals surface area contributed by atoms with Gasteiger partial charge < -0.3 is 19.4 Å². The van der Waals surface area contributed by atoms with Gasteiger partial charge in [-0.1, -0.05) is 66.7 Å². The fourth-order valence-electron chi connectivity index (χ4n) is 5.94. The van der Waals surface area contributed by atoms with Gasteiger partial charge in [-0.15, -0.1) is 11.3 Å². The van der Waals surface area contributed by atoms with E-state index in [1.54, 1.807) is 28.4 Å². The van der Waals surface area contributed by atoms with Crippen LogP contribution in [0.2, 0.25) is 0 Å². The lowest BCUT2D eigenvalue weighted by Crippen LogP contribution is -2.52. The van der Waals surface area contributed by atoms with Crippen LogP contribution in [0.4, 0.5) is 5.69 Å². The van der Waals surface area contributed by atoms with Crippen LogP contribution in [0.25, 0.3) is 6.08 Å². The van der Waals surface area contributed by atoms with E-state index in [1.807, 2.05) is 53.6 Å². The van der Waals surface area contributed by atoms with Crippen LogP contribution in [0.1, 0.15) is 33.0 Å². The minimum absolute atomic E-state index is 0.0282. The minimum Gasteiger partial charge on any atom is -0.378 e. The lowest BCUT2D eigenvalue weighted by atomic mass is 9.97. The molecule has 2 aliphatic heterocycles. The first-order valence-electron chi connectivity index (χ1n) is 15.3. The monoisotopic (exact) mass is 606 g/mol. The summed E-state index contributed by atoms with van der Waals surface area (Å²) in [5.41, 5.74) is 6.32. The Morgan fingerprint density at radius 2 is 1.66 bits per heavy atom. The van der Waals surface area contributed by atoms with Gasteiger partial charge in [0.15, 0.2) is 0 Å². The summed E-state index contributed by atoms with van der Waals surface area (Å²) in [5, 5.41) is 2.88. The number of carbonyl (C=O) groups is 2.